The molecule has 3 aromatic rings. The Balaban J connectivity index is 1.37. The Morgan fingerprint density at radius 3 is 2.60 bits per heavy atom. The summed E-state index contributed by atoms with van der Waals surface area (Å²) in [5, 5.41) is 3.90. The molecular weight excluding hydrogens is 316 g/mol. The number of hydrogen-bond acceptors (Lipinski definition) is 6. The van der Waals surface area contributed by atoms with Gasteiger partial charge in [0.05, 0.1) is 11.7 Å². The molecule has 0 radical (unpaired) electrons. The van der Waals surface area contributed by atoms with Crippen molar-refractivity contribution < 1.29 is 4.52 Å². The van der Waals surface area contributed by atoms with Gasteiger partial charge in [0.25, 0.3) is 0 Å². The summed E-state index contributed by atoms with van der Waals surface area (Å²) in [6.45, 7) is 11.0. The van der Waals surface area contributed by atoms with Crippen molar-refractivity contribution in [1.82, 2.24) is 29.3 Å². The van der Waals surface area contributed by atoms with E-state index in [2.05, 4.69) is 62.6 Å². The summed E-state index contributed by atoms with van der Waals surface area (Å²) >= 11 is 0. The van der Waals surface area contributed by atoms with Crippen LogP contribution in [0.2, 0.25) is 0 Å². The van der Waals surface area contributed by atoms with Gasteiger partial charge in [-0.25, -0.2) is 4.98 Å². The van der Waals surface area contributed by atoms with Crippen molar-refractivity contribution in [1.29, 1.82) is 0 Å². The third kappa shape index (κ3) is 3.29. The van der Waals surface area contributed by atoms with E-state index in [-0.39, 0.29) is 6.04 Å². The molecule has 25 heavy (non-hydrogen) atoms. The molecule has 0 amide bonds. The molecule has 1 aliphatic rings. The summed E-state index contributed by atoms with van der Waals surface area (Å²) in [5.74, 6) is 1.41. The fraction of sp³-hybridized carbons (Fsp3) is 0.500. The number of fused-ring (bicyclic) bond motifs is 1. The molecule has 4 rings (SSSR count). The van der Waals surface area contributed by atoms with Gasteiger partial charge in [0.15, 0.2) is 5.82 Å². The first-order valence-corrected chi connectivity index (χ1v) is 8.80. The molecule has 1 saturated heterocycles. The SMILES string of the molecule is Cc1noc([C@H](C)N2CCN(Cc3cn4c(C)cccc4n3)CC2)n1. The van der Waals surface area contributed by atoms with E-state index in [0.29, 0.717) is 11.7 Å². The van der Waals surface area contributed by atoms with Crippen molar-refractivity contribution >= 4 is 5.65 Å². The van der Waals surface area contributed by atoms with Crippen molar-refractivity contribution in [3.05, 3.63) is 47.5 Å². The third-order valence-corrected chi connectivity index (χ3v) is 4.99. The number of aryl methyl sites for hydroxylation is 2. The monoisotopic (exact) mass is 340 g/mol. The van der Waals surface area contributed by atoms with E-state index < -0.39 is 0 Å². The van der Waals surface area contributed by atoms with E-state index >= 15 is 0 Å². The Labute approximate surface area is 147 Å². The third-order valence-electron chi connectivity index (χ3n) is 4.99. The van der Waals surface area contributed by atoms with Crippen molar-refractivity contribution in [2.75, 3.05) is 26.2 Å². The highest BCUT2D eigenvalue weighted by atomic mass is 16.5. The second-order valence-corrected chi connectivity index (χ2v) is 6.80. The summed E-state index contributed by atoms with van der Waals surface area (Å²) in [7, 11) is 0. The van der Waals surface area contributed by atoms with Crippen LogP contribution < -0.4 is 0 Å². The lowest BCUT2D eigenvalue weighted by molar-refractivity contribution is 0.0839. The Kier molecular flexibility index (Phi) is 4.27. The maximum Gasteiger partial charge on any atom is 0.243 e. The fourth-order valence-corrected chi connectivity index (χ4v) is 3.45. The molecule has 0 aromatic carbocycles. The number of aromatic nitrogens is 4. The van der Waals surface area contributed by atoms with Crippen LogP contribution >= 0.6 is 0 Å². The molecular formula is C18H24N6O. The number of piperazine rings is 1. The summed E-state index contributed by atoms with van der Waals surface area (Å²) in [5.41, 5.74) is 3.36. The highest BCUT2D eigenvalue weighted by molar-refractivity contribution is 5.41. The molecule has 0 unspecified atom stereocenters. The Hall–Kier alpha value is -2.25. The average molecular weight is 340 g/mol. The zero-order valence-corrected chi connectivity index (χ0v) is 15.0. The van der Waals surface area contributed by atoms with E-state index in [9.17, 15) is 0 Å². The van der Waals surface area contributed by atoms with Crippen LogP contribution in [0.3, 0.4) is 0 Å². The molecule has 7 nitrogen and oxygen atoms in total. The van der Waals surface area contributed by atoms with E-state index in [1.807, 2.05) is 6.92 Å². The number of hydrogen-bond donors (Lipinski definition) is 0. The second-order valence-electron chi connectivity index (χ2n) is 6.80. The van der Waals surface area contributed by atoms with Gasteiger partial charge in [0.2, 0.25) is 5.89 Å². The molecule has 7 heteroatoms. The van der Waals surface area contributed by atoms with E-state index in [1.165, 1.54) is 5.69 Å². The smallest absolute Gasteiger partial charge is 0.243 e. The minimum Gasteiger partial charge on any atom is -0.338 e. The van der Waals surface area contributed by atoms with E-state index in [4.69, 9.17) is 9.51 Å². The Morgan fingerprint density at radius 1 is 1.12 bits per heavy atom. The topological polar surface area (TPSA) is 62.7 Å². The average Bonchev–Trinajstić information content (AvgIpc) is 3.22. The van der Waals surface area contributed by atoms with Gasteiger partial charge in [0.1, 0.15) is 5.65 Å². The van der Waals surface area contributed by atoms with Crippen LogP contribution in [0.5, 0.6) is 0 Å². The van der Waals surface area contributed by atoms with Crippen LogP contribution in [0.25, 0.3) is 5.65 Å². The van der Waals surface area contributed by atoms with Gasteiger partial charge in [0, 0.05) is 44.6 Å². The lowest BCUT2D eigenvalue weighted by Crippen LogP contribution is -2.46. The molecule has 132 valence electrons. The number of pyridine rings is 1. The molecule has 3 aromatic heterocycles. The quantitative estimate of drug-likeness (QED) is 0.726. The van der Waals surface area contributed by atoms with Crippen LogP contribution in [-0.4, -0.2) is 55.5 Å². The van der Waals surface area contributed by atoms with Crippen molar-refractivity contribution in [3.63, 3.8) is 0 Å². The zero-order valence-electron chi connectivity index (χ0n) is 15.0. The van der Waals surface area contributed by atoms with Gasteiger partial charge in [-0.15, -0.1) is 0 Å². The van der Waals surface area contributed by atoms with Gasteiger partial charge in [-0.2, -0.15) is 4.98 Å². The van der Waals surface area contributed by atoms with Gasteiger partial charge in [-0.05, 0) is 32.9 Å². The van der Waals surface area contributed by atoms with E-state index in [0.717, 1.165) is 44.1 Å². The molecule has 4 heterocycles. The first-order chi connectivity index (χ1) is 12.1. The Bertz CT molecular complexity index is 861. The molecule has 0 N–H and O–H groups in total. The standard InChI is InChI=1S/C18H24N6O/c1-13-5-4-6-17-20-16(12-24(13)17)11-22-7-9-23(10-8-22)14(2)18-19-15(3)21-25-18/h4-6,12,14H,7-11H2,1-3H3/t14-/m0/s1. The highest BCUT2D eigenvalue weighted by Gasteiger charge is 2.25. The normalized spacial score (nSPS) is 18.0. The summed E-state index contributed by atoms with van der Waals surface area (Å²) in [6.07, 6.45) is 2.15. The van der Waals surface area contributed by atoms with Crippen molar-refractivity contribution in [3.8, 4) is 0 Å². The predicted molar refractivity (Wildman–Crippen MR) is 94.2 cm³/mol. The summed E-state index contributed by atoms with van der Waals surface area (Å²) in [6, 6.07) is 6.39. The van der Waals surface area contributed by atoms with Crippen LogP contribution in [0, 0.1) is 13.8 Å². The molecule has 1 aliphatic heterocycles. The van der Waals surface area contributed by atoms with Gasteiger partial charge >= 0.3 is 0 Å². The molecule has 0 aliphatic carbocycles. The first kappa shape index (κ1) is 16.2. The maximum absolute atomic E-state index is 5.32. The summed E-state index contributed by atoms with van der Waals surface area (Å²) in [4.78, 5) is 14.0. The van der Waals surface area contributed by atoms with E-state index in [1.54, 1.807) is 0 Å². The lowest BCUT2D eigenvalue weighted by atomic mass is 10.2. The van der Waals surface area contributed by atoms with Crippen LogP contribution in [0.15, 0.2) is 28.9 Å². The molecule has 0 saturated carbocycles. The summed E-state index contributed by atoms with van der Waals surface area (Å²) < 4.78 is 7.48. The second kappa shape index (κ2) is 6.57. The largest absolute Gasteiger partial charge is 0.338 e. The van der Waals surface area contributed by atoms with Crippen molar-refractivity contribution in [2.24, 2.45) is 0 Å². The van der Waals surface area contributed by atoms with Crippen LogP contribution in [-0.2, 0) is 6.54 Å². The number of nitrogens with zero attached hydrogens (tertiary/aromatic N) is 6. The minimum atomic E-state index is 0.168. The van der Waals surface area contributed by atoms with Crippen LogP contribution in [0.4, 0.5) is 0 Å². The van der Waals surface area contributed by atoms with Gasteiger partial charge in [-0.3, -0.25) is 9.80 Å². The van der Waals surface area contributed by atoms with Gasteiger partial charge in [-0.1, -0.05) is 11.2 Å². The molecule has 1 fully saturated rings. The molecule has 0 spiro atoms. The van der Waals surface area contributed by atoms with Crippen LogP contribution in [0.1, 0.15) is 36.1 Å². The predicted octanol–water partition coefficient (Wildman–Crippen LogP) is 2.21. The minimum absolute atomic E-state index is 0.168. The zero-order chi connectivity index (χ0) is 17.4. The lowest BCUT2D eigenvalue weighted by Gasteiger charge is -2.36. The fourth-order valence-electron chi connectivity index (χ4n) is 3.45. The highest BCUT2D eigenvalue weighted by Crippen LogP contribution is 2.20. The maximum atomic E-state index is 5.32. The van der Waals surface area contributed by atoms with Crippen molar-refractivity contribution in [2.45, 2.75) is 33.4 Å². The van der Waals surface area contributed by atoms with Gasteiger partial charge < -0.3 is 8.92 Å². The molecule has 0 bridgehead atoms. The number of rotatable bonds is 4. The number of imidazole rings is 1. The molecule has 1 atom stereocenters. The Morgan fingerprint density at radius 2 is 1.92 bits per heavy atom. The first-order valence-electron chi connectivity index (χ1n) is 8.80.